The molecule has 1 aliphatic rings. The van der Waals surface area contributed by atoms with Crippen molar-refractivity contribution in [3.63, 3.8) is 0 Å². The molecule has 0 radical (unpaired) electrons. The van der Waals surface area contributed by atoms with E-state index in [2.05, 4.69) is 0 Å². The number of hydrogen-bond donors (Lipinski definition) is 2. The highest BCUT2D eigenvalue weighted by atomic mass is 32.2. The molecule has 2 N–H and O–H groups in total. The topological polar surface area (TPSA) is 60.8 Å². The third-order valence-corrected chi connectivity index (χ3v) is 3.49. The zero-order valence-electron chi connectivity index (χ0n) is 8.72. The lowest BCUT2D eigenvalue weighted by Crippen LogP contribution is -2.37. The van der Waals surface area contributed by atoms with Gasteiger partial charge in [0.1, 0.15) is 0 Å². The summed E-state index contributed by atoms with van der Waals surface area (Å²) in [6.07, 6.45) is 0. The van der Waals surface area contributed by atoms with Gasteiger partial charge in [-0.1, -0.05) is 6.07 Å². The van der Waals surface area contributed by atoms with Crippen LogP contribution in [0.4, 0.5) is 0 Å². The molecule has 0 atom stereocenters. The van der Waals surface area contributed by atoms with Gasteiger partial charge >= 0.3 is 0 Å². The molecule has 86 valence electrons. The number of phenols is 2. The second-order valence-electron chi connectivity index (χ2n) is 3.58. The number of nitrogens with zero attached hydrogens (tertiary/aromatic N) is 1. The molecule has 0 bridgehead atoms. The number of thioether (sulfide) groups is 1. The standard InChI is InChI=1S/C11H13NO3S/c13-9-3-1-2-8(10(9)14)11(15)12-4-6-16-7-5-12/h1-3,13-14H,4-7H2. The van der Waals surface area contributed by atoms with Gasteiger partial charge in [0.05, 0.1) is 5.56 Å². The SMILES string of the molecule is O=C(c1cccc(O)c1O)N1CCSCC1. The molecule has 1 aromatic rings. The number of benzene rings is 1. The van der Waals surface area contributed by atoms with Crippen LogP contribution in [0.15, 0.2) is 18.2 Å². The van der Waals surface area contributed by atoms with Gasteiger partial charge in [-0.15, -0.1) is 0 Å². The van der Waals surface area contributed by atoms with E-state index in [1.807, 2.05) is 11.8 Å². The van der Waals surface area contributed by atoms with Crippen molar-refractivity contribution in [3.05, 3.63) is 23.8 Å². The van der Waals surface area contributed by atoms with Crippen LogP contribution < -0.4 is 0 Å². The van der Waals surface area contributed by atoms with E-state index >= 15 is 0 Å². The normalized spacial score (nSPS) is 16.1. The average Bonchev–Trinajstić information content (AvgIpc) is 2.33. The molecule has 5 heteroatoms. The molecule has 0 unspecified atom stereocenters. The maximum Gasteiger partial charge on any atom is 0.257 e. The minimum absolute atomic E-state index is 0.173. The number of hydrogen-bond acceptors (Lipinski definition) is 4. The van der Waals surface area contributed by atoms with E-state index in [0.29, 0.717) is 13.1 Å². The van der Waals surface area contributed by atoms with Gasteiger partial charge < -0.3 is 15.1 Å². The molecule has 4 nitrogen and oxygen atoms in total. The van der Waals surface area contributed by atoms with E-state index in [1.165, 1.54) is 12.1 Å². The monoisotopic (exact) mass is 239 g/mol. The van der Waals surface area contributed by atoms with Crippen LogP contribution >= 0.6 is 11.8 Å². The molecule has 0 spiro atoms. The Kier molecular flexibility index (Phi) is 3.24. The first-order valence-electron chi connectivity index (χ1n) is 5.08. The van der Waals surface area contributed by atoms with Crippen LogP contribution in [0.5, 0.6) is 11.5 Å². The van der Waals surface area contributed by atoms with Crippen molar-refractivity contribution < 1.29 is 15.0 Å². The Balaban J connectivity index is 2.22. The van der Waals surface area contributed by atoms with Crippen LogP contribution in [-0.4, -0.2) is 45.6 Å². The third-order valence-electron chi connectivity index (χ3n) is 2.54. The van der Waals surface area contributed by atoms with Crippen molar-refractivity contribution in [2.24, 2.45) is 0 Å². The fraction of sp³-hybridized carbons (Fsp3) is 0.364. The molecule has 1 aliphatic heterocycles. The van der Waals surface area contributed by atoms with Crippen LogP contribution in [0.1, 0.15) is 10.4 Å². The number of phenolic OH excluding ortho intramolecular Hbond substituents is 2. The average molecular weight is 239 g/mol. The van der Waals surface area contributed by atoms with Crippen molar-refractivity contribution in [1.29, 1.82) is 0 Å². The van der Waals surface area contributed by atoms with E-state index < -0.39 is 0 Å². The van der Waals surface area contributed by atoms with Gasteiger partial charge in [0, 0.05) is 24.6 Å². The second-order valence-corrected chi connectivity index (χ2v) is 4.80. The van der Waals surface area contributed by atoms with Gasteiger partial charge in [-0.3, -0.25) is 4.79 Å². The first-order valence-corrected chi connectivity index (χ1v) is 6.23. The number of para-hydroxylation sites is 1. The molecule has 1 amide bonds. The summed E-state index contributed by atoms with van der Waals surface area (Å²) in [6.45, 7) is 1.39. The van der Waals surface area contributed by atoms with Crippen molar-refractivity contribution in [1.82, 2.24) is 4.90 Å². The lowest BCUT2D eigenvalue weighted by atomic mass is 10.1. The number of carbonyl (C=O) groups excluding carboxylic acids is 1. The van der Waals surface area contributed by atoms with E-state index in [4.69, 9.17) is 0 Å². The molecule has 0 aromatic heterocycles. The summed E-state index contributed by atoms with van der Waals surface area (Å²) >= 11 is 1.81. The molecule has 16 heavy (non-hydrogen) atoms. The summed E-state index contributed by atoms with van der Waals surface area (Å²) in [6, 6.07) is 4.44. The quantitative estimate of drug-likeness (QED) is 0.725. The summed E-state index contributed by atoms with van der Waals surface area (Å²) < 4.78 is 0. The van der Waals surface area contributed by atoms with E-state index in [-0.39, 0.29) is 23.0 Å². The van der Waals surface area contributed by atoms with Crippen LogP contribution in [0.25, 0.3) is 0 Å². The lowest BCUT2D eigenvalue weighted by Gasteiger charge is -2.26. The van der Waals surface area contributed by atoms with Crippen LogP contribution in [0, 0.1) is 0 Å². The Bertz CT molecular complexity index is 402. The van der Waals surface area contributed by atoms with Crippen molar-refractivity contribution in [2.75, 3.05) is 24.6 Å². The number of aromatic hydroxyl groups is 2. The molecule has 0 saturated carbocycles. The summed E-state index contributed by atoms with van der Waals surface area (Å²) in [5.41, 5.74) is 0.173. The van der Waals surface area contributed by atoms with E-state index in [0.717, 1.165) is 11.5 Å². The molecule has 1 aromatic carbocycles. The summed E-state index contributed by atoms with van der Waals surface area (Å²) in [7, 11) is 0. The van der Waals surface area contributed by atoms with Crippen LogP contribution in [0.2, 0.25) is 0 Å². The Morgan fingerprint density at radius 3 is 2.62 bits per heavy atom. The minimum Gasteiger partial charge on any atom is -0.504 e. The van der Waals surface area contributed by atoms with Gasteiger partial charge in [-0.05, 0) is 12.1 Å². The lowest BCUT2D eigenvalue weighted by molar-refractivity contribution is 0.0768. The maximum absolute atomic E-state index is 12.0. The number of amides is 1. The number of carbonyl (C=O) groups is 1. The van der Waals surface area contributed by atoms with Crippen LogP contribution in [0.3, 0.4) is 0 Å². The van der Waals surface area contributed by atoms with Crippen molar-refractivity contribution in [2.45, 2.75) is 0 Å². The van der Waals surface area contributed by atoms with Crippen molar-refractivity contribution in [3.8, 4) is 11.5 Å². The second kappa shape index (κ2) is 4.65. The fourth-order valence-electron chi connectivity index (χ4n) is 1.64. The van der Waals surface area contributed by atoms with Crippen molar-refractivity contribution >= 4 is 17.7 Å². The van der Waals surface area contributed by atoms with Gasteiger partial charge in [-0.2, -0.15) is 11.8 Å². The molecule has 0 aliphatic carbocycles. The molecule has 1 heterocycles. The van der Waals surface area contributed by atoms with E-state index in [1.54, 1.807) is 11.0 Å². The fourth-order valence-corrected chi connectivity index (χ4v) is 2.54. The predicted octanol–water partition coefficient (Wildman–Crippen LogP) is 1.29. The zero-order valence-corrected chi connectivity index (χ0v) is 9.54. The zero-order chi connectivity index (χ0) is 11.5. The molecular formula is C11H13NO3S. The molecule has 1 fully saturated rings. The Labute approximate surface area is 97.9 Å². The maximum atomic E-state index is 12.0. The number of rotatable bonds is 1. The smallest absolute Gasteiger partial charge is 0.257 e. The Morgan fingerprint density at radius 2 is 1.94 bits per heavy atom. The summed E-state index contributed by atoms with van der Waals surface area (Å²) in [4.78, 5) is 13.7. The first kappa shape index (κ1) is 11.1. The van der Waals surface area contributed by atoms with Gasteiger partial charge in [-0.25, -0.2) is 0 Å². The molecule has 2 rings (SSSR count). The molecule has 1 saturated heterocycles. The third kappa shape index (κ3) is 2.09. The Morgan fingerprint density at radius 1 is 1.25 bits per heavy atom. The van der Waals surface area contributed by atoms with Gasteiger partial charge in [0.25, 0.3) is 5.91 Å². The first-order chi connectivity index (χ1) is 7.70. The van der Waals surface area contributed by atoms with Gasteiger partial charge in [0.2, 0.25) is 0 Å². The summed E-state index contributed by atoms with van der Waals surface area (Å²) in [5, 5.41) is 18.9. The Hall–Kier alpha value is -1.36. The highest BCUT2D eigenvalue weighted by Crippen LogP contribution is 2.29. The summed E-state index contributed by atoms with van der Waals surface area (Å²) in [5.74, 6) is 1.05. The van der Waals surface area contributed by atoms with Crippen LogP contribution in [-0.2, 0) is 0 Å². The van der Waals surface area contributed by atoms with E-state index in [9.17, 15) is 15.0 Å². The largest absolute Gasteiger partial charge is 0.504 e. The highest BCUT2D eigenvalue weighted by Gasteiger charge is 2.21. The molecular weight excluding hydrogens is 226 g/mol. The minimum atomic E-state index is -0.328. The highest BCUT2D eigenvalue weighted by molar-refractivity contribution is 7.99. The van der Waals surface area contributed by atoms with Gasteiger partial charge in [0.15, 0.2) is 11.5 Å². The predicted molar refractivity (Wildman–Crippen MR) is 63.0 cm³/mol.